The lowest BCUT2D eigenvalue weighted by Crippen LogP contribution is -2.00. The Morgan fingerprint density at radius 3 is 2.80 bits per heavy atom. The van der Waals surface area contributed by atoms with Gasteiger partial charge in [-0.05, 0) is 24.3 Å². The molecule has 2 rings (SSSR count). The van der Waals surface area contributed by atoms with E-state index in [9.17, 15) is 9.59 Å². The molecule has 0 unspecified atom stereocenters. The molecule has 0 spiro atoms. The van der Waals surface area contributed by atoms with Crippen LogP contribution in [-0.4, -0.2) is 36.4 Å². The van der Waals surface area contributed by atoms with Gasteiger partial charge in [-0.2, -0.15) is 5.10 Å². The van der Waals surface area contributed by atoms with E-state index in [-0.39, 0.29) is 12.4 Å². The lowest BCUT2D eigenvalue weighted by molar-refractivity contribution is -0.139. The maximum Gasteiger partial charge on any atom is 0.337 e. The molecule has 0 aliphatic heterocycles. The molecule has 1 heterocycles. The van der Waals surface area contributed by atoms with Crippen molar-refractivity contribution in [2.45, 2.75) is 6.42 Å². The van der Waals surface area contributed by atoms with Crippen LogP contribution in [0.3, 0.4) is 0 Å². The van der Waals surface area contributed by atoms with Gasteiger partial charge in [-0.1, -0.05) is 6.08 Å². The van der Waals surface area contributed by atoms with E-state index in [0.29, 0.717) is 11.3 Å². The molecule has 0 amide bonds. The van der Waals surface area contributed by atoms with Crippen LogP contribution in [0.15, 0.2) is 24.3 Å². The molecule has 6 heteroatoms. The zero-order valence-electron chi connectivity index (χ0n) is 11.2. The summed E-state index contributed by atoms with van der Waals surface area (Å²) in [6, 6.07) is 5.12. The molecule has 0 fully saturated rings. The number of aromatic amines is 1. The zero-order valence-corrected chi connectivity index (χ0v) is 11.2. The molecule has 0 aliphatic rings. The molecule has 20 heavy (non-hydrogen) atoms. The van der Waals surface area contributed by atoms with Crippen molar-refractivity contribution in [2.75, 3.05) is 14.2 Å². The lowest BCUT2D eigenvalue weighted by Gasteiger charge is -1.98. The van der Waals surface area contributed by atoms with Crippen molar-refractivity contribution in [3.63, 3.8) is 0 Å². The van der Waals surface area contributed by atoms with E-state index in [1.54, 1.807) is 30.4 Å². The third-order valence-electron chi connectivity index (χ3n) is 2.80. The van der Waals surface area contributed by atoms with Crippen molar-refractivity contribution in [2.24, 2.45) is 0 Å². The van der Waals surface area contributed by atoms with Gasteiger partial charge in [-0.3, -0.25) is 9.89 Å². The third kappa shape index (κ3) is 2.85. The summed E-state index contributed by atoms with van der Waals surface area (Å²) in [6.07, 6.45) is 3.59. The number of aromatic nitrogens is 2. The van der Waals surface area contributed by atoms with E-state index >= 15 is 0 Å². The molecule has 0 aliphatic carbocycles. The van der Waals surface area contributed by atoms with Gasteiger partial charge < -0.3 is 9.47 Å². The predicted octanol–water partition coefficient (Wildman–Crippen LogP) is 1.93. The summed E-state index contributed by atoms with van der Waals surface area (Å²) in [4.78, 5) is 22.4. The number of carbonyl (C=O) groups is 2. The number of hydrogen-bond acceptors (Lipinski definition) is 5. The minimum atomic E-state index is -0.399. The normalized spacial score (nSPS) is 10.9. The molecular weight excluding hydrogens is 260 g/mol. The first kappa shape index (κ1) is 13.8. The van der Waals surface area contributed by atoms with Gasteiger partial charge >= 0.3 is 11.9 Å². The highest BCUT2D eigenvalue weighted by atomic mass is 16.5. The first-order chi connectivity index (χ1) is 9.65. The Balaban J connectivity index is 2.24. The Morgan fingerprint density at radius 1 is 1.30 bits per heavy atom. The largest absolute Gasteiger partial charge is 0.469 e. The first-order valence-electron chi connectivity index (χ1n) is 5.95. The minimum Gasteiger partial charge on any atom is -0.469 e. The van der Waals surface area contributed by atoms with Crippen LogP contribution in [0.25, 0.3) is 17.0 Å². The quantitative estimate of drug-likeness (QED) is 0.861. The molecule has 0 bridgehead atoms. The fourth-order valence-electron chi connectivity index (χ4n) is 1.76. The van der Waals surface area contributed by atoms with Crippen LogP contribution in [0.4, 0.5) is 0 Å². The SMILES string of the molecule is COC(=O)CC=Cc1n[nH]c2cc(C(=O)OC)ccc12. The number of methoxy groups -OCH3 is 2. The van der Waals surface area contributed by atoms with Gasteiger partial charge in [-0.15, -0.1) is 0 Å². The standard InChI is InChI=1S/C14H14N2O4/c1-19-13(17)5-3-4-11-10-7-6-9(14(18)20-2)8-12(10)16-15-11/h3-4,6-8H,5H2,1-2H3,(H,15,16). The van der Waals surface area contributed by atoms with Gasteiger partial charge in [0.05, 0.1) is 37.4 Å². The smallest absolute Gasteiger partial charge is 0.337 e. The Hall–Kier alpha value is -2.63. The molecule has 0 saturated heterocycles. The number of fused-ring (bicyclic) bond motifs is 1. The maximum atomic E-state index is 11.4. The van der Waals surface area contributed by atoms with Gasteiger partial charge in [-0.25, -0.2) is 4.79 Å². The van der Waals surface area contributed by atoms with Crippen LogP contribution in [-0.2, 0) is 14.3 Å². The van der Waals surface area contributed by atoms with Crippen LogP contribution in [0.2, 0.25) is 0 Å². The molecule has 104 valence electrons. The van der Waals surface area contributed by atoms with E-state index in [1.807, 2.05) is 0 Å². The van der Waals surface area contributed by atoms with Crippen molar-refractivity contribution in [1.29, 1.82) is 0 Å². The van der Waals surface area contributed by atoms with Crippen molar-refractivity contribution in [1.82, 2.24) is 10.2 Å². The van der Waals surface area contributed by atoms with Crippen molar-refractivity contribution in [3.8, 4) is 0 Å². The summed E-state index contributed by atoms with van der Waals surface area (Å²) < 4.78 is 9.20. The van der Waals surface area contributed by atoms with E-state index in [2.05, 4.69) is 19.7 Å². The maximum absolute atomic E-state index is 11.4. The second-order valence-electron chi connectivity index (χ2n) is 4.04. The zero-order chi connectivity index (χ0) is 14.5. The summed E-state index contributed by atoms with van der Waals surface area (Å²) in [5.74, 6) is -0.710. The second-order valence-corrected chi connectivity index (χ2v) is 4.04. The van der Waals surface area contributed by atoms with Crippen molar-refractivity contribution >= 4 is 28.9 Å². The summed E-state index contributed by atoms with van der Waals surface area (Å²) in [7, 11) is 2.68. The highest BCUT2D eigenvalue weighted by Gasteiger charge is 2.09. The summed E-state index contributed by atoms with van der Waals surface area (Å²) in [5.41, 5.74) is 1.87. The van der Waals surface area contributed by atoms with Crippen molar-refractivity contribution in [3.05, 3.63) is 35.5 Å². The van der Waals surface area contributed by atoms with Gasteiger partial charge in [0.15, 0.2) is 0 Å². The number of carbonyl (C=O) groups excluding carboxylic acids is 2. The molecule has 1 aromatic heterocycles. The molecule has 0 saturated carbocycles. The number of benzene rings is 1. The highest BCUT2D eigenvalue weighted by molar-refractivity contribution is 5.96. The summed E-state index contributed by atoms with van der Waals surface area (Å²) >= 11 is 0. The van der Waals surface area contributed by atoms with E-state index < -0.39 is 5.97 Å². The number of H-pyrrole nitrogens is 1. The number of rotatable bonds is 4. The van der Waals surface area contributed by atoms with Crippen LogP contribution in [0.5, 0.6) is 0 Å². The monoisotopic (exact) mass is 274 g/mol. The predicted molar refractivity (Wildman–Crippen MR) is 73.1 cm³/mol. The first-order valence-corrected chi connectivity index (χ1v) is 5.95. The molecular formula is C14H14N2O4. The van der Waals surface area contributed by atoms with E-state index in [1.165, 1.54) is 14.2 Å². The Morgan fingerprint density at radius 2 is 2.10 bits per heavy atom. The van der Waals surface area contributed by atoms with Gasteiger partial charge in [0.2, 0.25) is 0 Å². The number of ether oxygens (including phenoxy) is 2. The van der Waals surface area contributed by atoms with Gasteiger partial charge in [0.25, 0.3) is 0 Å². The molecule has 1 N–H and O–H groups in total. The Kier molecular flexibility index (Phi) is 4.14. The molecule has 2 aromatic rings. The fraction of sp³-hybridized carbons (Fsp3) is 0.214. The average Bonchev–Trinajstić information content (AvgIpc) is 2.88. The number of esters is 2. The molecule has 1 aromatic carbocycles. The van der Waals surface area contributed by atoms with Gasteiger partial charge in [0, 0.05) is 5.39 Å². The van der Waals surface area contributed by atoms with Crippen LogP contribution >= 0.6 is 0 Å². The van der Waals surface area contributed by atoms with Crippen molar-refractivity contribution < 1.29 is 19.1 Å². The highest BCUT2D eigenvalue weighted by Crippen LogP contribution is 2.19. The average molecular weight is 274 g/mol. The van der Waals surface area contributed by atoms with Crippen LogP contribution < -0.4 is 0 Å². The van der Waals surface area contributed by atoms with Gasteiger partial charge in [0.1, 0.15) is 0 Å². The molecule has 0 atom stereocenters. The number of nitrogens with zero attached hydrogens (tertiary/aromatic N) is 1. The number of nitrogens with one attached hydrogen (secondary N) is 1. The minimum absolute atomic E-state index is 0.186. The Bertz CT molecular complexity index is 673. The second kappa shape index (κ2) is 6.01. The van der Waals surface area contributed by atoms with Crippen LogP contribution in [0, 0.1) is 0 Å². The molecule has 6 nitrogen and oxygen atoms in total. The number of hydrogen-bond donors (Lipinski definition) is 1. The van der Waals surface area contributed by atoms with E-state index in [0.717, 1.165) is 10.9 Å². The Labute approximate surface area is 115 Å². The summed E-state index contributed by atoms with van der Waals surface area (Å²) in [5, 5.41) is 7.82. The third-order valence-corrected chi connectivity index (χ3v) is 2.80. The topological polar surface area (TPSA) is 81.3 Å². The fourth-order valence-corrected chi connectivity index (χ4v) is 1.76. The van der Waals surface area contributed by atoms with Crippen LogP contribution in [0.1, 0.15) is 22.5 Å². The van der Waals surface area contributed by atoms with E-state index in [4.69, 9.17) is 0 Å². The molecule has 0 radical (unpaired) electrons. The summed E-state index contributed by atoms with van der Waals surface area (Å²) in [6.45, 7) is 0. The lowest BCUT2D eigenvalue weighted by atomic mass is 10.1.